The van der Waals surface area contributed by atoms with Crippen molar-refractivity contribution in [3.05, 3.63) is 158 Å². The highest BCUT2D eigenvalue weighted by molar-refractivity contribution is 7.45. The fraction of sp³-hybridized carbons (Fsp3) is 0.591. The zero-order chi connectivity index (χ0) is 54.9. The Morgan fingerprint density at radius 2 is 0.813 bits per heavy atom. The van der Waals surface area contributed by atoms with E-state index in [0.717, 1.165) is 128 Å². The molecule has 0 saturated heterocycles. The van der Waals surface area contributed by atoms with Crippen LogP contribution in [0.3, 0.4) is 0 Å². The largest absolute Gasteiger partial charge is 0.756 e. The molecular formula is C66H109N2O6P. The van der Waals surface area contributed by atoms with Crippen molar-refractivity contribution in [2.75, 3.05) is 40.9 Å². The molecule has 3 unspecified atom stereocenters. The van der Waals surface area contributed by atoms with Gasteiger partial charge in [-0.1, -0.05) is 242 Å². The predicted molar refractivity (Wildman–Crippen MR) is 324 cm³/mol. The Morgan fingerprint density at radius 3 is 1.19 bits per heavy atom. The second kappa shape index (κ2) is 54.9. The molecule has 0 aliphatic rings. The van der Waals surface area contributed by atoms with Gasteiger partial charge in [0.2, 0.25) is 5.91 Å². The summed E-state index contributed by atoms with van der Waals surface area (Å²) >= 11 is 0. The van der Waals surface area contributed by atoms with Crippen molar-refractivity contribution < 1.29 is 32.9 Å². The maximum absolute atomic E-state index is 12.9. The average Bonchev–Trinajstić information content (AvgIpc) is 3.37. The number of carbonyl (C=O) groups excluding carboxylic acids is 1. The zero-order valence-corrected chi connectivity index (χ0v) is 49.1. The molecule has 1 amide bonds. The van der Waals surface area contributed by atoms with Gasteiger partial charge in [0.05, 0.1) is 39.9 Å². The van der Waals surface area contributed by atoms with Crippen molar-refractivity contribution in [2.24, 2.45) is 0 Å². The molecule has 0 aliphatic heterocycles. The predicted octanol–water partition coefficient (Wildman–Crippen LogP) is 17.6. The van der Waals surface area contributed by atoms with Crippen molar-refractivity contribution in [2.45, 2.75) is 212 Å². The van der Waals surface area contributed by atoms with Gasteiger partial charge < -0.3 is 28.8 Å². The minimum Gasteiger partial charge on any atom is -0.756 e. The fourth-order valence-electron chi connectivity index (χ4n) is 7.43. The molecule has 0 aromatic heterocycles. The van der Waals surface area contributed by atoms with Gasteiger partial charge in [0.1, 0.15) is 13.2 Å². The van der Waals surface area contributed by atoms with Crippen LogP contribution in [0, 0.1) is 0 Å². The highest BCUT2D eigenvalue weighted by Gasteiger charge is 2.23. The fourth-order valence-corrected chi connectivity index (χ4v) is 8.15. The second-order valence-corrected chi connectivity index (χ2v) is 21.7. The number of allylic oxidation sites excluding steroid dienone is 25. The molecule has 75 heavy (non-hydrogen) atoms. The number of likely N-dealkylation sites (N-methyl/N-ethyl adjacent to an activating group) is 1. The van der Waals surface area contributed by atoms with Gasteiger partial charge in [-0.05, 0) is 109 Å². The van der Waals surface area contributed by atoms with E-state index in [2.05, 4.69) is 165 Å². The van der Waals surface area contributed by atoms with E-state index in [-0.39, 0.29) is 12.5 Å². The molecule has 0 heterocycles. The summed E-state index contributed by atoms with van der Waals surface area (Å²) in [6.45, 7) is 4.47. The van der Waals surface area contributed by atoms with Gasteiger partial charge in [-0.3, -0.25) is 9.36 Å². The van der Waals surface area contributed by atoms with Crippen LogP contribution in [0.5, 0.6) is 0 Å². The summed E-state index contributed by atoms with van der Waals surface area (Å²) in [4.78, 5) is 25.4. The minimum absolute atomic E-state index is 0.0147. The first-order valence-electron chi connectivity index (χ1n) is 29.3. The first-order valence-corrected chi connectivity index (χ1v) is 30.8. The quantitative estimate of drug-likeness (QED) is 0.0272. The van der Waals surface area contributed by atoms with Crippen LogP contribution < -0.4 is 10.2 Å². The molecule has 0 aliphatic carbocycles. The van der Waals surface area contributed by atoms with E-state index in [1.54, 1.807) is 6.08 Å². The van der Waals surface area contributed by atoms with Gasteiger partial charge >= 0.3 is 0 Å². The number of unbranched alkanes of at least 4 members (excludes halogenated alkanes) is 14. The maximum atomic E-state index is 12.9. The Kier molecular flexibility index (Phi) is 52.1. The molecule has 0 saturated carbocycles. The number of aliphatic hydroxyl groups is 1. The highest BCUT2D eigenvalue weighted by Crippen LogP contribution is 2.38. The molecule has 2 N–H and O–H groups in total. The maximum Gasteiger partial charge on any atom is 0.268 e. The summed E-state index contributed by atoms with van der Waals surface area (Å²) in [5.41, 5.74) is 0. The van der Waals surface area contributed by atoms with Crippen molar-refractivity contribution in [3.63, 3.8) is 0 Å². The molecule has 9 heteroatoms. The van der Waals surface area contributed by atoms with Crippen LogP contribution in [-0.2, 0) is 18.4 Å². The number of nitrogens with one attached hydrogen (secondary N) is 1. The van der Waals surface area contributed by atoms with Crippen LogP contribution >= 0.6 is 7.82 Å². The Labute approximate surface area is 461 Å². The normalized spacial score (nSPS) is 15.0. The van der Waals surface area contributed by atoms with Crippen molar-refractivity contribution in [3.8, 4) is 0 Å². The number of nitrogens with zero attached hydrogens (tertiary/aromatic N) is 1. The minimum atomic E-state index is -4.61. The summed E-state index contributed by atoms with van der Waals surface area (Å²) in [7, 11) is 1.22. The lowest BCUT2D eigenvalue weighted by molar-refractivity contribution is -0.870. The van der Waals surface area contributed by atoms with Gasteiger partial charge in [-0.15, -0.1) is 0 Å². The summed E-state index contributed by atoms with van der Waals surface area (Å²) in [5, 5.41) is 13.8. The Morgan fingerprint density at radius 1 is 0.480 bits per heavy atom. The SMILES string of the molecule is CC/C=C\C/C=C\C/C=C\C/C=C\C/C=C\C/C=C\C/C=C\C/C=C\C/C=C\C/C=C\C/C=C\C/C=C\CCCCCCC(=O)NC(COP(=O)([O-])OCC[N+](C)(C)C)C(O)/C=C/CCCCCCCCCCCC. The topological polar surface area (TPSA) is 108 Å². The third-order valence-corrected chi connectivity index (χ3v) is 13.0. The summed E-state index contributed by atoms with van der Waals surface area (Å²) in [6.07, 6.45) is 86.1. The summed E-state index contributed by atoms with van der Waals surface area (Å²) in [6, 6.07) is -0.911. The van der Waals surface area contributed by atoms with Crippen LogP contribution in [0.25, 0.3) is 0 Å². The number of carbonyl (C=O) groups is 1. The smallest absolute Gasteiger partial charge is 0.268 e. The Balaban J connectivity index is 4.18. The second-order valence-electron chi connectivity index (χ2n) is 20.3. The van der Waals surface area contributed by atoms with E-state index in [0.29, 0.717) is 17.4 Å². The third kappa shape index (κ3) is 57.7. The number of hydrogen-bond acceptors (Lipinski definition) is 6. The van der Waals surface area contributed by atoms with Gasteiger partial charge in [0.15, 0.2) is 0 Å². The van der Waals surface area contributed by atoms with Crippen LogP contribution in [0.1, 0.15) is 200 Å². The molecule has 0 radical (unpaired) electrons. The number of aliphatic hydroxyl groups excluding tert-OH is 1. The van der Waals surface area contributed by atoms with E-state index in [1.807, 2.05) is 27.2 Å². The Hall–Kier alpha value is -3.88. The lowest BCUT2D eigenvalue weighted by Crippen LogP contribution is -2.45. The lowest BCUT2D eigenvalue weighted by Gasteiger charge is -2.29. The highest BCUT2D eigenvalue weighted by atomic mass is 31.2. The third-order valence-electron chi connectivity index (χ3n) is 12.0. The number of hydrogen-bond donors (Lipinski definition) is 2. The number of phosphoric acid groups is 1. The van der Waals surface area contributed by atoms with Gasteiger partial charge in [-0.25, -0.2) is 0 Å². The lowest BCUT2D eigenvalue weighted by atomic mass is 10.1. The van der Waals surface area contributed by atoms with Crippen molar-refractivity contribution in [1.82, 2.24) is 5.32 Å². The van der Waals surface area contributed by atoms with Crippen LogP contribution in [0.4, 0.5) is 0 Å². The number of amides is 1. The molecular weight excluding hydrogens is 948 g/mol. The van der Waals surface area contributed by atoms with Crippen molar-refractivity contribution in [1.29, 1.82) is 0 Å². The van der Waals surface area contributed by atoms with Gasteiger partial charge in [-0.2, -0.15) is 0 Å². The number of phosphoric ester groups is 1. The first-order chi connectivity index (χ1) is 36.5. The Bertz CT molecular complexity index is 1770. The molecule has 0 bridgehead atoms. The van der Waals surface area contributed by atoms with E-state index in [9.17, 15) is 19.4 Å². The van der Waals surface area contributed by atoms with E-state index >= 15 is 0 Å². The standard InChI is InChI=1S/C66H109N2O6P/c1-6-8-10-12-14-16-18-20-21-22-23-24-25-26-27-28-29-30-31-32-33-34-35-36-37-38-39-40-41-42-43-44-45-46-47-48-50-52-54-56-58-60-66(70)67-64(63-74-75(71,72)73-62-61-68(3,4)5)65(69)59-57-55-53-51-49-19-17-15-13-11-9-7-2/h8,10,14,16,20-21,23-24,26-27,29-30,32-33,35-36,38-39,41-42,44-45,47-48,57,59,64-65,69H,6-7,9,11-13,15,17-19,22,25,28,31,34,37,40,43,46,49-56,58,60-63H2,1-5H3,(H-,67,70,71,72)/b10-8-,16-14-,21-20-,24-23-,27-26-,30-29-,33-32-,36-35-,39-38-,42-41-,45-44-,48-47-,59-57+. The van der Waals surface area contributed by atoms with E-state index < -0.39 is 26.6 Å². The molecule has 3 atom stereocenters. The molecule has 0 rings (SSSR count). The number of rotatable bonds is 51. The monoisotopic (exact) mass is 1060 g/mol. The molecule has 0 fully saturated rings. The van der Waals surface area contributed by atoms with Gasteiger partial charge in [0.25, 0.3) is 7.82 Å². The summed E-state index contributed by atoms with van der Waals surface area (Å²) < 4.78 is 23.2. The first kappa shape index (κ1) is 71.1. The van der Waals surface area contributed by atoms with E-state index in [4.69, 9.17) is 9.05 Å². The zero-order valence-electron chi connectivity index (χ0n) is 48.2. The molecule has 424 valence electrons. The van der Waals surface area contributed by atoms with E-state index in [1.165, 1.54) is 51.4 Å². The molecule has 8 nitrogen and oxygen atoms in total. The van der Waals surface area contributed by atoms with Crippen molar-refractivity contribution >= 4 is 13.7 Å². The number of quaternary nitrogens is 1. The van der Waals surface area contributed by atoms with Gasteiger partial charge in [0, 0.05) is 6.42 Å². The average molecular weight is 1060 g/mol. The molecule has 0 aromatic rings. The van der Waals surface area contributed by atoms with Crippen LogP contribution in [-0.4, -0.2) is 68.5 Å². The van der Waals surface area contributed by atoms with Crippen LogP contribution in [0.2, 0.25) is 0 Å². The van der Waals surface area contributed by atoms with Crippen LogP contribution in [0.15, 0.2) is 158 Å². The molecule has 0 aromatic carbocycles. The molecule has 0 spiro atoms. The summed E-state index contributed by atoms with van der Waals surface area (Å²) in [5.74, 6) is -0.230.